The van der Waals surface area contributed by atoms with E-state index in [1.165, 1.54) is 0 Å². The summed E-state index contributed by atoms with van der Waals surface area (Å²) in [6, 6.07) is 2.92. The minimum absolute atomic E-state index is 0. The molecule has 1 aromatic rings. The number of benzene rings is 1. The van der Waals surface area contributed by atoms with Gasteiger partial charge in [0, 0.05) is 0 Å². The van der Waals surface area contributed by atoms with Gasteiger partial charge in [-0.2, -0.15) is 0 Å². The molecule has 0 amide bonds. The van der Waals surface area contributed by atoms with Crippen molar-refractivity contribution in [3.63, 3.8) is 0 Å². The van der Waals surface area contributed by atoms with Gasteiger partial charge in [-0.25, -0.2) is 18.0 Å². The Morgan fingerprint density at radius 2 is 1.30 bits per heavy atom. The molecule has 0 atom stereocenters. The molecule has 178 valence electrons. The molecule has 0 saturated carbocycles. The fourth-order valence-electron chi connectivity index (χ4n) is 2.83. The number of allylic oxidation sites excluding steroid dienone is 2. The third-order valence-corrected chi connectivity index (χ3v) is 5.45. The van der Waals surface area contributed by atoms with Crippen LogP contribution in [0.4, 0.5) is 0 Å². The molecule has 0 saturated heterocycles. The van der Waals surface area contributed by atoms with E-state index < -0.39 is 27.0 Å². The molecule has 0 N–H and O–H groups in total. The second-order valence-electron chi connectivity index (χ2n) is 7.29. The third-order valence-electron chi connectivity index (χ3n) is 4.62. The molecule has 33 heavy (non-hydrogen) atoms. The summed E-state index contributed by atoms with van der Waals surface area (Å²) in [7, 11) is -4.81. The Bertz CT molecular complexity index is 892. The van der Waals surface area contributed by atoms with Crippen molar-refractivity contribution in [1.29, 1.82) is 0 Å². The van der Waals surface area contributed by atoms with Crippen molar-refractivity contribution < 1.29 is 61.6 Å². The number of hydrogen-bond donors (Lipinski definition) is 0. The summed E-state index contributed by atoms with van der Waals surface area (Å²) in [6.07, 6.45) is 15.5. The summed E-state index contributed by atoms with van der Waals surface area (Å²) in [5.41, 5.74) is -0.480. The van der Waals surface area contributed by atoms with Crippen LogP contribution in [0.1, 0.15) is 85.9 Å². The predicted octanol–water partition coefficient (Wildman–Crippen LogP) is 2.18. The third kappa shape index (κ3) is 13.1. The van der Waals surface area contributed by atoms with Gasteiger partial charge in [0.25, 0.3) is 0 Å². The topological polar surface area (TPSA) is 110 Å². The zero-order chi connectivity index (χ0) is 23.8. The predicted molar refractivity (Wildman–Crippen MR) is 122 cm³/mol. The molecule has 0 aliphatic heterocycles. The maximum Gasteiger partial charge on any atom is 1.00 e. The number of hydrogen-bond acceptors (Lipinski definition) is 7. The summed E-state index contributed by atoms with van der Waals surface area (Å²) in [6.45, 7) is 4.20. The second-order valence-corrected chi connectivity index (χ2v) is 8.67. The monoisotopic (exact) mass is 488 g/mol. The quantitative estimate of drug-likeness (QED) is 0.122. The summed E-state index contributed by atoms with van der Waals surface area (Å²) >= 11 is 0. The Morgan fingerprint density at radius 3 is 1.76 bits per heavy atom. The van der Waals surface area contributed by atoms with E-state index in [9.17, 15) is 22.6 Å². The van der Waals surface area contributed by atoms with Crippen LogP contribution in [0, 0.1) is 0 Å². The Morgan fingerprint density at radius 1 is 0.818 bits per heavy atom. The van der Waals surface area contributed by atoms with Crippen LogP contribution >= 0.6 is 0 Å². The first-order valence-corrected chi connectivity index (χ1v) is 12.5. The largest absolute Gasteiger partial charge is 1.00 e. The van der Waals surface area contributed by atoms with Crippen molar-refractivity contribution in [2.24, 2.45) is 0 Å². The number of unbranched alkanes of at least 4 members (excludes halogenated alkanes) is 6. The van der Waals surface area contributed by atoms with Crippen LogP contribution in [0.5, 0.6) is 0 Å². The molecule has 7 nitrogen and oxygen atoms in total. The van der Waals surface area contributed by atoms with Gasteiger partial charge in [0.2, 0.25) is 0 Å². The van der Waals surface area contributed by atoms with Gasteiger partial charge in [0.15, 0.2) is 0 Å². The molecule has 0 bridgehead atoms. The Balaban J connectivity index is 0.0000102. The average Bonchev–Trinajstić information content (AvgIpc) is 2.76. The van der Waals surface area contributed by atoms with Gasteiger partial charge in [-0.15, -0.1) is 0 Å². The number of esters is 2. The first-order valence-electron chi connectivity index (χ1n) is 11.0. The molecule has 0 unspecified atom stereocenters. The summed E-state index contributed by atoms with van der Waals surface area (Å²) in [5.74, 6) is -1.71. The van der Waals surface area contributed by atoms with Crippen LogP contribution in [0.25, 0.3) is 0 Å². The molecule has 0 fully saturated rings. The minimum atomic E-state index is -4.81. The maximum atomic E-state index is 12.5. The van der Waals surface area contributed by atoms with Crippen LogP contribution in [-0.2, 0) is 19.6 Å². The smallest absolute Gasteiger partial charge is 0.744 e. The molecular weight excluding hydrogens is 455 g/mol. The number of carbonyl (C=O) groups is 2. The fourth-order valence-corrected chi connectivity index (χ4v) is 3.32. The van der Waals surface area contributed by atoms with Gasteiger partial charge in [0.05, 0.1) is 16.0 Å². The Labute approximate surface area is 219 Å². The van der Waals surface area contributed by atoms with Crippen LogP contribution in [0.2, 0.25) is 0 Å². The minimum Gasteiger partial charge on any atom is -0.744 e. The van der Waals surface area contributed by atoms with Crippen molar-refractivity contribution in [1.82, 2.24) is 0 Å². The zero-order valence-electron chi connectivity index (χ0n) is 19.9. The van der Waals surface area contributed by atoms with Gasteiger partial charge in [-0.1, -0.05) is 63.8 Å². The van der Waals surface area contributed by atoms with Gasteiger partial charge in [-0.05, 0) is 43.9 Å². The van der Waals surface area contributed by atoms with Gasteiger partial charge >= 0.3 is 41.5 Å². The molecule has 0 spiro atoms. The first kappa shape index (κ1) is 31.6. The van der Waals surface area contributed by atoms with Crippen LogP contribution in [0.15, 0.2) is 47.4 Å². The summed E-state index contributed by atoms with van der Waals surface area (Å²) < 4.78 is 44.3. The Kier molecular flexibility index (Phi) is 17.2. The van der Waals surface area contributed by atoms with Gasteiger partial charge < -0.3 is 14.0 Å². The van der Waals surface area contributed by atoms with Crippen molar-refractivity contribution in [2.45, 2.75) is 70.1 Å². The molecule has 0 aromatic heterocycles. The van der Waals surface area contributed by atoms with Crippen molar-refractivity contribution >= 4 is 22.1 Å². The van der Waals surface area contributed by atoms with Gasteiger partial charge in [-0.3, -0.25) is 0 Å². The van der Waals surface area contributed by atoms with E-state index in [1.54, 1.807) is 12.2 Å². The van der Waals surface area contributed by atoms with E-state index in [1.807, 2.05) is 12.2 Å². The van der Waals surface area contributed by atoms with E-state index in [0.29, 0.717) is 0 Å². The van der Waals surface area contributed by atoms with Crippen molar-refractivity contribution in [3.8, 4) is 0 Å². The number of rotatable bonds is 15. The maximum absolute atomic E-state index is 12.5. The van der Waals surface area contributed by atoms with E-state index >= 15 is 0 Å². The molecule has 0 aliphatic carbocycles. The van der Waals surface area contributed by atoms with Crippen LogP contribution in [0.3, 0.4) is 0 Å². The standard InChI is InChI=1S/C24H34O7S.Na/c1-3-5-7-9-11-13-17-30-23(25)21-16-15-20(32(27,28)29)19-22(21)24(26)31-18-14-12-10-8-6-4-2;/h11-16,19H,3-10,17-18H2,1-2H3,(H,27,28,29);/q;+1/p-1/b13-11+,14-12+;. The molecule has 9 heteroatoms. The van der Waals surface area contributed by atoms with Crippen LogP contribution in [-0.4, -0.2) is 38.1 Å². The number of ether oxygens (including phenoxy) is 2. The van der Waals surface area contributed by atoms with Crippen molar-refractivity contribution in [2.75, 3.05) is 13.2 Å². The summed E-state index contributed by atoms with van der Waals surface area (Å²) in [5, 5.41) is 0. The molecule has 0 radical (unpaired) electrons. The molecule has 0 heterocycles. The number of carbonyl (C=O) groups excluding carboxylic acids is 2. The molecule has 1 rings (SSSR count). The fraction of sp³-hybridized carbons (Fsp3) is 0.500. The van der Waals surface area contributed by atoms with E-state index in [2.05, 4.69) is 13.8 Å². The first-order chi connectivity index (χ1) is 15.3. The van der Waals surface area contributed by atoms with Crippen molar-refractivity contribution in [3.05, 3.63) is 53.6 Å². The summed E-state index contributed by atoms with van der Waals surface area (Å²) in [4.78, 5) is 24.3. The molecule has 1 aromatic carbocycles. The average molecular weight is 489 g/mol. The van der Waals surface area contributed by atoms with Crippen LogP contribution < -0.4 is 29.6 Å². The van der Waals surface area contributed by atoms with E-state index in [0.717, 1.165) is 69.6 Å². The van der Waals surface area contributed by atoms with Gasteiger partial charge in [0.1, 0.15) is 23.3 Å². The van der Waals surface area contributed by atoms with E-state index in [-0.39, 0.29) is 53.9 Å². The zero-order valence-corrected chi connectivity index (χ0v) is 22.7. The van der Waals surface area contributed by atoms with E-state index in [4.69, 9.17) is 9.47 Å². The SMILES string of the molecule is CCCCC/C=C/COC(=O)c1ccc(S(=O)(=O)[O-])cc1C(=O)OC/C=C/CCCCC.[Na+]. The molecule has 0 aliphatic rings. The second kappa shape index (κ2) is 18.0. The Hall–Kier alpha value is -1.45. The normalized spacial score (nSPS) is 11.5. The molecular formula is C24H33NaO7S.